The molecular formula is C13H17BrN2. The minimum Gasteiger partial charge on any atom is -0.303 e. The quantitative estimate of drug-likeness (QED) is 0.772. The number of aryl methyl sites for hydroxylation is 1. The lowest BCUT2D eigenvalue weighted by atomic mass is 9.91. The highest BCUT2D eigenvalue weighted by atomic mass is 79.9. The SMILES string of the molecule is Cc1cc2ncc(CC(C)(C)C)n2cc1Br. The van der Waals surface area contributed by atoms with Gasteiger partial charge in [-0.25, -0.2) is 4.98 Å². The third kappa shape index (κ3) is 2.29. The van der Waals surface area contributed by atoms with E-state index in [0.29, 0.717) is 0 Å². The summed E-state index contributed by atoms with van der Waals surface area (Å²) in [4.78, 5) is 4.45. The standard InChI is InChI=1S/C13H17BrN2/c1-9-5-12-15-7-10(6-13(2,3)4)16(12)8-11(9)14/h5,7-8H,6H2,1-4H3. The van der Waals surface area contributed by atoms with Crippen LogP contribution in [0.2, 0.25) is 0 Å². The molecule has 0 saturated heterocycles. The summed E-state index contributed by atoms with van der Waals surface area (Å²) in [6, 6.07) is 2.11. The van der Waals surface area contributed by atoms with Crippen LogP contribution in [0.15, 0.2) is 22.9 Å². The predicted molar refractivity (Wildman–Crippen MR) is 70.8 cm³/mol. The van der Waals surface area contributed by atoms with Gasteiger partial charge in [0.15, 0.2) is 0 Å². The molecule has 0 atom stereocenters. The molecule has 0 aliphatic heterocycles. The normalized spacial score (nSPS) is 12.3. The van der Waals surface area contributed by atoms with Gasteiger partial charge in [-0.05, 0) is 46.3 Å². The lowest BCUT2D eigenvalue weighted by Gasteiger charge is -2.17. The third-order valence-electron chi connectivity index (χ3n) is 2.58. The molecule has 2 nitrogen and oxygen atoms in total. The lowest BCUT2D eigenvalue weighted by molar-refractivity contribution is 0.405. The van der Waals surface area contributed by atoms with E-state index in [1.54, 1.807) is 0 Å². The van der Waals surface area contributed by atoms with Crippen molar-refractivity contribution in [3.63, 3.8) is 0 Å². The summed E-state index contributed by atoms with van der Waals surface area (Å²) in [7, 11) is 0. The van der Waals surface area contributed by atoms with Crippen LogP contribution in [0.1, 0.15) is 32.0 Å². The first-order valence-corrected chi connectivity index (χ1v) is 6.28. The Hall–Kier alpha value is -0.830. The van der Waals surface area contributed by atoms with Crippen molar-refractivity contribution in [1.82, 2.24) is 9.38 Å². The Morgan fingerprint density at radius 2 is 2.06 bits per heavy atom. The maximum absolute atomic E-state index is 4.45. The van der Waals surface area contributed by atoms with E-state index in [2.05, 4.69) is 65.3 Å². The highest BCUT2D eigenvalue weighted by Gasteiger charge is 2.14. The maximum atomic E-state index is 4.45. The lowest BCUT2D eigenvalue weighted by Crippen LogP contribution is -2.10. The molecule has 0 N–H and O–H groups in total. The van der Waals surface area contributed by atoms with E-state index in [4.69, 9.17) is 0 Å². The fourth-order valence-electron chi connectivity index (χ4n) is 1.82. The van der Waals surface area contributed by atoms with Gasteiger partial charge in [0.1, 0.15) is 5.65 Å². The molecule has 2 heterocycles. The van der Waals surface area contributed by atoms with Gasteiger partial charge < -0.3 is 4.40 Å². The molecule has 2 rings (SSSR count). The van der Waals surface area contributed by atoms with Crippen molar-refractivity contribution >= 4 is 21.6 Å². The number of rotatable bonds is 1. The van der Waals surface area contributed by atoms with E-state index in [-0.39, 0.29) is 5.41 Å². The summed E-state index contributed by atoms with van der Waals surface area (Å²) in [5, 5.41) is 0. The fraction of sp³-hybridized carbons (Fsp3) is 0.462. The first-order valence-electron chi connectivity index (χ1n) is 5.49. The predicted octanol–water partition coefficient (Wildman–Crippen LogP) is 3.99. The van der Waals surface area contributed by atoms with Gasteiger partial charge >= 0.3 is 0 Å². The van der Waals surface area contributed by atoms with E-state index in [1.807, 2.05) is 6.20 Å². The number of aromatic nitrogens is 2. The highest BCUT2D eigenvalue weighted by molar-refractivity contribution is 9.10. The first-order chi connectivity index (χ1) is 7.37. The molecule has 86 valence electrons. The van der Waals surface area contributed by atoms with Crippen LogP contribution in [0.3, 0.4) is 0 Å². The van der Waals surface area contributed by atoms with Gasteiger partial charge in [-0.3, -0.25) is 0 Å². The number of fused-ring (bicyclic) bond motifs is 1. The molecule has 0 radical (unpaired) electrons. The molecule has 0 aromatic carbocycles. The molecule has 0 saturated carbocycles. The van der Waals surface area contributed by atoms with Crippen molar-refractivity contribution in [3.8, 4) is 0 Å². The zero-order chi connectivity index (χ0) is 11.9. The van der Waals surface area contributed by atoms with Gasteiger partial charge in [0.2, 0.25) is 0 Å². The van der Waals surface area contributed by atoms with Crippen LogP contribution in [0.25, 0.3) is 5.65 Å². The van der Waals surface area contributed by atoms with Crippen molar-refractivity contribution in [3.05, 3.63) is 34.2 Å². The van der Waals surface area contributed by atoms with Crippen molar-refractivity contribution in [2.45, 2.75) is 34.1 Å². The zero-order valence-corrected chi connectivity index (χ0v) is 11.8. The van der Waals surface area contributed by atoms with Gasteiger partial charge in [-0.2, -0.15) is 0 Å². The van der Waals surface area contributed by atoms with Gasteiger partial charge in [-0.1, -0.05) is 20.8 Å². The number of hydrogen-bond acceptors (Lipinski definition) is 1. The highest BCUT2D eigenvalue weighted by Crippen LogP contribution is 2.24. The maximum Gasteiger partial charge on any atom is 0.137 e. The van der Waals surface area contributed by atoms with Crippen LogP contribution in [0.5, 0.6) is 0 Å². The van der Waals surface area contributed by atoms with Gasteiger partial charge in [0.25, 0.3) is 0 Å². The largest absolute Gasteiger partial charge is 0.303 e. The average molecular weight is 281 g/mol. The van der Waals surface area contributed by atoms with Crippen LogP contribution in [0.4, 0.5) is 0 Å². The Bertz CT molecular complexity index is 520. The number of nitrogens with zero attached hydrogens (tertiary/aromatic N) is 2. The summed E-state index contributed by atoms with van der Waals surface area (Å²) in [5.74, 6) is 0. The fourth-order valence-corrected chi connectivity index (χ4v) is 2.14. The molecule has 0 spiro atoms. The monoisotopic (exact) mass is 280 g/mol. The molecule has 0 aliphatic carbocycles. The molecular weight excluding hydrogens is 264 g/mol. The zero-order valence-electron chi connectivity index (χ0n) is 10.2. The van der Waals surface area contributed by atoms with E-state index in [0.717, 1.165) is 16.5 Å². The molecule has 2 aromatic rings. The summed E-state index contributed by atoms with van der Waals surface area (Å²) >= 11 is 3.57. The minimum atomic E-state index is 0.285. The van der Waals surface area contributed by atoms with E-state index >= 15 is 0 Å². The molecule has 0 bridgehead atoms. The number of imidazole rings is 1. The summed E-state index contributed by atoms with van der Waals surface area (Å²) in [6.45, 7) is 8.82. The number of hydrogen-bond donors (Lipinski definition) is 0. The first kappa shape index (κ1) is 11.6. The molecule has 0 unspecified atom stereocenters. The van der Waals surface area contributed by atoms with Gasteiger partial charge in [0, 0.05) is 22.6 Å². The minimum absolute atomic E-state index is 0.285. The van der Waals surface area contributed by atoms with Crippen LogP contribution in [-0.4, -0.2) is 9.38 Å². The number of pyridine rings is 1. The van der Waals surface area contributed by atoms with Crippen molar-refractivity contribution < 1.29 is 0 Å². The summed E-state index contributed by atoms with van der Waals surface area (Å²) < 4.78 is 3.30. The van der Waals surface area contributed by atoms with Gasteiger partial charge in [0.05, 0.1) is 0 Å². The van der Waals surface area contributed by atoms with E-state index in [9.17, 15) is 0 Å². The third-order valence-corrected chi connectivity index (χ3v) is 3.41. The Morgan fingerprint density at radius 1 is 1.38 bits per heavy atom. The van der Waals surface area contributed by atoms with Crippen molar-refractivity contribution in [1.29, 1.82) is 0 Å². The second-order valence-electron chi connectivity index (χ2n) is 5.52. The van der Waals surface area contributed by atoms with Crippen LogP contribution >= 0.6 is 15.9 Å². The van der Waals surface area contributed by atoms with E-state index < -0.39 is 0 Å². The topological polar surface area (TPSA) is 17.3 Å². The molecule has 2 aromatic heterocycles. The smallest absolute Gasteiger partial charge is 0.137 e. The summed E-state index contributed by atoms with van der Waals surface area (Å²) in [6.07, 6.45) is 5.12. The second-order valence-corrected chi connectivity index (χ2v) is 6.37. The van der Waals surface area contributed by atoms with Crippen LogP contribution < -0.4 is 0 Å². The second kappa shape index (κ2) is 3.88. The van der Waals surface area contributed by atoms with Crippen molar-refractivity contribution in [2.75, 3.05) is 0 Å². The number of halogens is 1. The van der Waals surface area contributed by atoms with Crippen molar-refractivity contribution in [2.24, 2.45) is 5.41 Å². The Morgan fingerprint density at radius 3 is 2.69 bits per heavy atom. The molecule has 0 aliphatic rings. The Kier molecular flexibility index (Phi) is 2.82. The Labute approximate surface area is 105 Å². The van der Waals surface area contributed by atoms with E-state index in [1.165, 1.54) is 11.3 Å². The molecule has 0 fully saturated rings. The molecule has 3 heteroatoms. The molecule has 16 heavy (non-hydrogen) atoms. The Balaban J connectivity index is 2.52. The average Bonchev–Trinajstić information content (AvgIpc) is 2.47. The summed E-state index contributed by atoms with van der Waals surface area (Å²) in [5.41, 5.74) is 3.80. The van der Waals surface area contributed by atoms with Crippen LogP contribution in [0, 0.1) is 12.3 Å². The van der Waals surface area contributed by atoms with Crippen LogP contribution in [-0.2, 0) is 6.42 Å². The molecule has 0 amide bonds. The van der Waals surface area contributed by atoms with Gasteiger partial charge in [-0.15, -0.1) is 0 Å².